The largest absolute Gasteiger partial charge is 0.481 e. The molecule has 9 heteroatoms. The Morgan fingerprint density at radius 1 is 1.16 bits per heavy atom. The third-order valence-corrected chi connectivity index (χ3v) is 3.38. The van der Waals surface area contributed by atoms with Gasteiger partial charge in [0, 0.05) is 19.8 Å². The fraction of sp³-hybridized carbons (Fsp3) is 0.375. The zero-order valence-electron chi connectivity index (χ0n) is 13.6. The predicted octanol–water partition coefficient (Wildman–Crippen LogP) is -0.292. The van der Waals surface area contributed by atoms with Gasteiger partial charge in [0.15, 0.2) is 0 Å². The van der Waals surface area contributed by atoms with Crippen LogP contribution in [0.3, 0.4) is 0 Å². The predicted molar refractivity (Wildman–Crippen MR) is 85.7 cm³/mol. The van der Waals surface area contributed by atoms with E-state index in [-0.39, 0.29) is 24.8 Å². The van der Waals surface area contributed by atoms with Crippen molar-refractivity contribution in [3.63, 3.8) is 0 Å². The number of nitrogens with one attached hydrogen (secondary N) is 2. The second-order valence-electron chi connectivity index (χ2n) is 5.44. The third-order valence-electron chi connectivity index (χ3n) is 3.38. The highest BCUT2D eigenvalue weighted by Gasteiger charge is 2.26. The molecule has 0 aliphatic heterocycles. The van der Waals surface area contributed by atoms with Gasteiger partial charge >= 0.3 is 5.97 Å². The van der Waals surface area contributed by atoms with E-state index in [1.165, 1.54) is 25.1 Å². The Balaban J connectivity index is 2.87. The number of hydrogen-bond donors (Lipinski definition) is 4. The van der Waals surface area contributed by atoms with Gasteiger partial charge in [-0.1, -0.05) is 18.2 Å². The number of amides is 3. The van der Waals surface area contributed by atoms with Gasteiger partial charge in [0.25, 0.3) is 0 Å². The van der Waals surface area contributed by atoms with Crippen LogP contribution < -0.4 is 16.4 Å². The molecule has 0 saturated carbocycles. The van der Waals surface area contributed by atoms with Crippen molar-refractivity contribution in [1.82, 2.24) is 10.6 Å². The van der Waals surface area contributed by atoms with Gasteiger partial charge in [-0.25, -0.2) is 4.39 Å². The van der Waals surface area contributed by atoms with Crippen LogP contribution in [-0.2, 0) is 25.6 Å². The highest BCUT2D eigenvalue weighted by molar-refractivity contribution is 5.91. The first-order valence-corrected chi connectivity index (χ1v) is 7.52. The van der Waals surface area contributed by atoms with Gasteiger partial charge in [-0.05, 0) is 18.1 Å². The summed E-state index contributed by atoms with van der Waals surface area (Å²) in [6, 6.07) is 3.41. The molecule has 0 fully saturated rings. The van der Waals surface area contributed by atoms with E-state index in [4.69, 9.17) is 10.8 Å². The molecule has 3 amide bonds. The van der Waals surface area contributed by atoms with Crippen LogP contribution >= 0.6 is 0 Å². The first-order chi connectivity index (χ1) is 11.7. The fourth-order valence-electron chi connectivity index (χ4n) is 2.16. The molecular weight excluding hydrogens is 333 g/mol. The molecule has 25 heavy (non-hydrogen) atoms. The van der Waals surface area contributed by atoms with E-state index in [2.05, 4.69) is 10.6 Å². The number of carbonyl (C=O) groups is 4. The van der Waals surface area contributed by atoms with E-state index in [0.717, 1.165) is 0 Å². The first kappa shape index (κ1) is 20.1. The Labute approximate surface area is 143 Å². The van der Waals surface area contributed by atoms with Crippen LogP contribution in [0.2, 0.25) is 0 Å². The maximum atomic E-state index is 13.8. The van der Waals surface area contributed by atoms with Crippen LogP contribution in [0.15, 0.2) is 24.3 Å². The summed E-state index contributed by atoms with van der Waals surface area (Å²) in [5.74, 6) is -3.86. The molecule has 1 aromatic carbocycles. The highest BCUT2D eigenvalue weighted by Crippen LogP contribution is 2.10. The van der Waals surface area contributed by atoms with E-state index in [1.54, 1.807) is 6.07 Å². The number of nitrogens with two attached hydrogens (primary N) is 1. The molecule has 0 saturated heterocycles. The highest BCUT2D eigenvalue weighted by atomic mass is 19.1. The number of halogens is 1. The smallest absolute Gasteiger partial charge is 0.303 e. The SMILES string of the molecule is CC(=O)N[C@@H](Cc1ccccc1F)C(=O)N[C@H](CCC(=O)O)C(N)=O. The van der Waals surface area contributed by atoms with E-state index in [9.17, 15) is 23.6 Å². The van der Waals surface area contributed by atoms with Crippen molar-refractivity contribution in [2.75, 3.05) is 0 Å². The first-order valence-electron chi connectivity index (χ1n) is 7.52. The Morgan fingerprint density at radius 3 is 2.32 bits per heavy atom. The van der Waals surface area contributed by atoms with Crippen LogP contribution in [0.1, 0.15) is 25.3 Å². The topological polar surface area (TPSA) is 139 Å². The summed E-state index contributed by atoms with van der Waals surface area (Å²) in [4.78, 5) is 45.6. The minimum atomic E-state index is -1.21. The molecule has 136 valence electrons. The lowest BCUT2D eigenvalue weighted by Gasteiger charge is -2.21. The lowest BCUT2D eigenvalue weighted by atomic mass is 10.0. The van der Waals surface area contributed by atoms with Crippen LogP contribution in [0.5, 0.6) is 0 Å². The van der Waals surface area contributed by atoms with Gasteiger partial charge in [0.05, 0.1) is 0 Å². The van der Waals surface area contributed by atoms with Crippen molar-refractivity contribution >= 4 is 23.7 Å². The molecular formula is C16H20FN3O5. The van der Waals surface area contributed by atoms with Crippen molar-refractivity contribution in [3.05, 3.63) is 35.6 Å². The number of carboxylic acids is 1. The zero-order valence-corrected chi connectivity index (χ0v) is 13.6. The van der Waals surface area contributed by atoms with Crippen molar-refractivity contribution in [2.24, 2.45) is 5.73 Å². The van der Waals surface area contributed by atoms with Crippen molar-refractivity contribution in [3.8, 4) is 0 Å². The molecule has 0 bridgehead atoms. The van der Waals surface area contributed by atoms with E-state index < -0.39 is 41.6 Å². The molecule has 0 aromatic heterocycles. The summed E-state index contributed by atoms with van der Waals surface area (Å²) in [6.45, 7) is 1.19. The molecule has 0 spiro atoms. The van der Waals surface area contributed by atoms with E-state index >= 15 is 0 Å². The average molecular weight is 353 g/mol. The van der Waals surface area contributed by atoms with Crippen LogP contribution in [0, 0.1) is 5.82 Å². The molecule has 0 unspecified atom stereocenters. The number of rotatable bonds is 9. The average Bonchev–Trinajstić information content (AvgIpc) is 2.51. The van der Waals surface area contributed by atoms with Crippen LogP contribution in [0.4, 0.5) is 4.39 Å². The number of carbonyl (C=O) groups excluding carboxylic acids is 3. The number of benzene rings is 1. The van der Waals surface area contributed by atoms with E-state index in [0.29, 0.717) is 0 Å². The summed E-state index contributed by atoms with van der Waals surface area (Å²) in [5.41, 5.74) is 5.36. The second kappa shape index (κ2) is 9.36. The van der Waals surface area contributed by atoms with Gasteiger partial charge in [-0.15, -0.1) is 0 Å². The number of hydrogen-bond acceptors (Lipinski definition) is 4. The quantitative estimate of drug-likeness (QED) is 0.483. The summed E-state index contributed by atoms with van der Waals surface area (Å²) in [5, 5.41) is 13.3. The Kier molecular flexibility index (Phi) is 7.51. The Hall–Kier alpha value is -2.97. The third kappa shape index (κ3) is 6.98. The molecule has 0 aliphatic carbocycles. The summed E-state index contributed by atoms with van der Waals surface area (Å²) in [7, 11) is 0. The molecule has 1 rings (SSSR count). The molecule has 2 atom stereocenters. The lowest BCUT2D eigenvalue weighted by molar-refractivity contribution is -0.137. The molecule has 1 aromatic rings. The van der Waals surface area contributed by atoms with Crippen molar-refractivity contribution in [2.45, 2.75) is 38.3 Å². The number of primary amides is 1. The molecule has 0 radical (unpaired) electrons. The van der Waals surface area contributed by atoms with Crippen molar-refractivity contribution < 1.29 is 28.7 Å². The summed E-state index contributed by atoms with van der Waals surface area (Å²) >= 11 is 0. The summed E-state index contributed by atoms with van der Waals surface area (Å²) in [6.07, 6.45) is -0.697. The van der Waals surface area contributed by atoms with Gasteiger partial charge < -0.3 is 21.5 Å². The maximum absolute atomic E-state index is 13.8. The lowest BCUT2D eigenvalue weighted by Crippen LogP contribution is -2.53. The minimum Gasteiger partial charge on any atom is -0.481 e. The van der Waals surface area contributed by atoms with Crippen LogP contribution in [-0.4, -0.2) is 40.9 Å². The molecule has 0 heterocycles. The van der Waals surface area contributed by atoms with Gasteiger partial charge in [0.2, 0.25) is 17.7 Å². The molecule has 0 aliphatic rings. The van der Waals surface area contributed by atoms with Gasteiger partial charge in [-0.2, -0.15) is 0 Å². The van der Waals surface area contributed by atoms with Crippen LogP contribution in [0.25, 0.3) is 0 Å². The molecule has 8 nitrogen and oxygen atoms in total. The summed E-state index contributed by atoms with van der Waals surface area (Å²) < 4.78 is 13.8. The standard InChI is InChI=1S/C16H20FN3O5/c1-9(21)19-13(8-10-4-2-3-5-11(10)17)16(25)20-12(15(18)24)6-7-14(22)23/h2-5,12-13H,6-8H2,1H3,(H2,18,24)(H,19,21)(H,20,25)(H,22,23)/t12-,13+/m1/s1. The van der Waals surface area contributed by atoms with E-state index in [1.807, 2.05) is 0 Å². The Morgan fingerprint density at radius 2 is 1.80 bits per heavy atom. The monoisotopic (exact) mass is 353 g/mol. The van der Waals surface area contributed by atoms with Gasteiger partial charge in [-0.3, -0.25) is 19.2 Å². The zero-order chi connectivity index (χ0) is 19.0. The Bertz CT molecular complexity index is 665. The molecule has 5 N–H and O–H groups in total. The fourth-order valence-corrected chi connectivity index (χ4v) is 2.16. The normalized spacial score (nSPS) is 12.7. The number of aliphatic carboxylic acids is 1. The second-order valence-corrected chi connectivity index (χ2v) is 5.44. The minimum absolute atomic E-state index is 0.136. The van der Waals surface area contributed by atoms with Crippen molar-refractivity contribution in [1.29, 1.82) is 0 Å². The maximum Gasteiger partial charge on any atom is 0.303 e. The van der Waals surface area contributed by atoms with Gasteiger partial charge in [0.1, 0.15) is 17.9 Å². The number of carboxylic acid groups (broad SMARTS) is 1.